The van der Waals surface area contributed by atoms with Gasteiger partial charge in [-0.05, 0) is 25.5 Å². The van der Waals surface area contributed by atoms with Crippen molar-refractivity contribution in [3.63, 3.8) is 0 Å². The van der Waals surface area contributed by atoms with Crippen LogP contribution in [0.25, 0.3) is 0 Å². The van der Waals surface area contributed by atoms with E-state index < -0.39 is 10.0 Å². The van der Waals surface area contributed by atoms with Crippen LogP contribution in [0.15, 0.2) is 10.3 Å². The largest absolute Gasteiger partial charge is 0.758 e. The van der Waals surface area contributed by atoms with E-state index in [-0.39, 0.29) is 16.3 Å². The van der Waals surface area contributed by atoms with Gasteiger partial charge in [-0.3, -0.25) is 0 Å². The zero-order chi connectivity index (χ0) is 14.2. The molecule has 108 valence electrons. The van der Waals surface area contributed by atoms with E-state index in [4.69, 9.17) is 5.14 Å². The number of nitrogens with zero attached hydrogens (tertiary/aromatic N) is 1. The number of hydroxylamine groups is 1. The van der Waals surface area contributed by atoms with E-state index in [2.05, 4.69) is 5.32 Å². The summed E-state index contributed by atoms with van der Waals surface area (Å²) in [6.45, 7) is 4.70. The topological polar surface area (TPSA) is 98.5 Å². The number of fused-ring (bicyclic) bond motifs is 1. The van der Waals surface area contributed by atoms with Crippen molar-refractivity contribution in [3.05, 3.63) is 16.8 Å². The number of thiophene rings is 1. The SMILES string of the molecule is CCNC1CC(CC)N([O-])c2sc(S(N)(=O)=O)cc21. The third-order valence-corrected chi connectivity index (χ3v) is 5.89. The molecule has 0 aromatic carbocycles. The summed E-state index contributed by atoms with van der Waals surface area (Å²) in [5.74, 6) is 0. The van der Waals surface area contributed by atoms with Crippen molar-refractivity contribution in [2.45, 2.75) is 43.0 Å². The fourth-order valence-electron chi connectivity index (χ4n) is 2.37. The van der Waals surface area contributed by atoms with Crippen molar-refractivity contribution >= 4 is 26.4 Å². The highest BCUT2D eigenvalue weighted by molar-refractivity contribution is 7.91. The molecule has 0 aliphatic carbocycles. The number of anilines is 1. The highest BCUT2D eigenvalue weighted by atomic mass is 32.2. The monoisotopic (exact) mass is 304 g/mol. The molecule has 0 fully saturated rings. The maximum atomic E-state index is 12.2. The molecule has 8 heteroatoms. The summed E-state index contributed by atoms with van der Waals surface area (Å²) in [4.78, 5) is 0. The third-order valence-electron chi connectivity index (χ3n) is 3.33. The Morgan fingerprint density at radius 2 is 2.26 bits per heavy atom. The Balaban J connectivity index is 2.47. The van der Waals surface area contributed by atoms with Gasteiger partial charge in [-0.2, -0.15) is 0 Å². The van der Waals surface area contributed by atoms with Crippen LogP contribution in [0.3, 0.4) is 0 Å². The van der Waals surface area contributed by atoms with E-state index in [0.29, 0.717) is 11.4 Å². The summed E-state index contributed by atoms with van der Waals surface area (Å²) >= 11 is 0.960. The van der Waals surface area contributed by atoms with Gasteiger partial charge in [0.15, 0.2) is 0 Å². The number of hydrogen-bond donors (Lipinski definition) is 2. The quantitative estimate of drug-likeness (QED) is 0.879. The zero-order valence-corrected chi connectivity index (χ0v) is 12.6. The second kappa shape index (κ2) is 5.37. The van der Waals surface area contributed by atoms with Crippen LogP contribution in [0.5, 0.6) is 0 Å². The van der Waals surface area contributed by atoms with Crippen molar-refractivity contribution < 1.29 is 8.42 Å². The first-order valence-electron chi connectivity index (χ1n) is 6.24. The molecule has 0 saturated carbocycles. The highest BCUT2D eigenvalue weighted by Gasteiger charge is 2.30. The molecular weight excluding hydrogens is 286 g/mol. The van der Waals surface area contributed by atoms with Crippen LogP contribution in [0, 0.1) is 5.21 Å². The molecule has 3 N–H and O–H groups in total. The minimum Gasteiger partial charge on any atom is -0.758 e. The molecule has 0 spiro atoms. The van der Waals surface area contributed by atoms with Gasteiger partial charge in [0.2, 0.25) is 10.0 Å². The zero-order valence-electron chi connectivity index (χ0n) is 10.9. The maximum Gasteiger partial charge on any atom is 0.247 e. The summed E-state index contributed by atoms with van der Waals surface area (Å²) in [6, 6.07) is 1.42. The highest BCUT2D eigenvalue weighted by Crippen LogP contribution is 2.44. The Morgan fingerprint density at radius 3 is 2.79 bits per heavy atom. The number of nitrogens with one attached hydrogen (secondary N) is 1. The van der Waals surface area contributed by atoms with Crippen molar-refractivity contribution in [2.24, 2.45) is 5.14 Å². The molecule has 0 bridgehead atoms. The molecule has 0 amide bonds. The Labute approximate surface area is 117 Å². The van der Waals surface area contributed by atoms with Gasteiger partial charge >= 0.3 is 0 Å². The minimum absolute atomic E-state index is 0.0156. The molecule has 1 aliphatic rings. The Bertz CT molecular complexity index is 542. The molecule has 6 nitrogen and oxygen atoms in total. The van der Waals surface area contributed by atoms with E-state index in [9.17, 15) is 13.6 Å². The summed E-state index contributed by atoms with van der Waals surface area (Å²) < 4.78 is 22.9. The van der Waals surface area contributed by atoms with Gasteiger partial charge in [0.25, 0.3) is 0 Å². The van der Waals surface area contributed by atoms with Crippen LogP contribution in [0.2, 0.25) is 0 Å². The molecule has 0 saturated heterocycles. The first kappa shape index (κ1) is 14.7. The lowest BCUT2D eigenvalue weighted by atomic mass is 9.95. The Kier molecular flexibility index (Phi) is 4.17. The Hall–Kier alpha value is -0.670. The van der Waals surface area contributed by atoms with Crippen molar-refractivity contribution in [2.75, 3.05) is 11.6 Å². The van der Waals surface area contributed by atoms with Gasteiger partial charge < -0.3 is 15.6 Å². The van der Waals surface area contributed by atoms with E-state index in [1.165, 1.54) is 6.07 Å². The Morgan fingerprint density at radius 1 is 1.58 bits per heavy atom. The number of rotatable bonds is 4. The van der Waals surface area contributed by atoms with Crippen LogP contribution in [-0.4, -0.2) is 21.0 Å². The van der Waals surface area contributed by atoms with Gasteiger partial charge in [0, 0.05) is 17.6 Å². The normalized spacial score (nSPS) is 23.5. The fraction of sp³-hybridized carbons (Fsp3) is 0.636. The molecule has 0 radical (unpaired) electrons. The predicted molar refractivity (Wildman–Crippen MR) is 76.7 cm³/mol. The summed E-state index contributed by atoms with van der Waals surface area (Å²) in [6.07, 6.45) is 1.41. The van der Waals surface area contributed by atoms with E-state index in [1.54, 1.807) is 0 Å². The molecule has 1 aromatic rings. The molecular formula is C11H18N3O3S2-. The summed E-state index contributed by atoms with van der Waals surface area (Å²) in [5.41, 5.74) is 0.746. The van der Waals surface area contributed by atoms with Gasteiger partial charge in [-0.25, -0.2) is 13.6 Å². The van der Waals surface area contributed by atoms with Crippen LogP contribution >= 0.6 is 11.3 Å². The van der Waals surface area contributed by atoms with Crippen LogP contribution in [-0.2, 0) is 10.0 Å². The molecule has 2 rings (SSSR count). The first-order chi connectivity index (χ1) is 8.88. The summed E-state index contributed by atoms with van der Waals surface area (Å²) in [7, 11) is -3.76. The van der Waals surface area contributed by atoms with Crippen LogP contribution < -0.4 is 15.5 Å². The number of sulfonamides is 1. The van der Waals surface area contributed by atoms with E-state index >= 15 is 0 Å². The van der Waals surface area contributed by atoms with E-state index in [1.807, 2.05) is 13.8 Å². The lowest BCUT2D eigenvalue weighted by Gasteiger charge is -2.44. The second-order valence-electron chi connectivity index (χ2n) is 4.60. The number of nitrogens with two attached hydrogens (primary N) is 1. The number of primary sulfonamides is 1. The summed E-state index contributed by atoms with van der Waals surface area (Å²) in [5, 5.41) is 22.0. The standard InChI is InChI=1S/C11H18N3O3S2/c1-3-7-5-9(13-4-2)8-6-10(19(12,16)17)18-11(8)14(7)15/h6-7,9,13H,3-5H2,1-2H3,(H2,12,16,17)/q-1. The van der Waals surface area contributed by atoms with Crippen molar-refractivity contribution in [1.82, 2.24) is 5.32 Å². The number of hydrogen-bond acceptors (Lipinski definition) is 6. The minimum atomic E-state index is -3.76. The smallest absolute Gasteiger partial charge is 0.247 e. The van der Waals surface area contributed by atoms with Gasteiger partial charge in [0.05, 0.1) is 5.00 Å². The first-order valence-corrected chi connectivity index (χ1v) is 8.61. The van der Waals surface area contributed by atoms with Crippen LogP contribution in [0.1, 0.15) is 38.3 Å². The second-order valence-corrected chi connectivity index (χ2v) is 7.42. The lowest BCUT2D eigenvalue weighted by molar-refractivity contribution is 0.430. The van der Waals surface area contributed by atoms with E-state index in [0.717, 1.165) is 34.9 Å². The third kappa shape index (κ3) is 2.77. The molecule has 2 heterocycles. The molecule has 2 unspecified atom stereocenters. The molecule has 1 aromatic heterocycles. The average Bonchev–Trinajstić information content (AvgIpc) is 2.78. The average molecular weight is 304 g/mol. The van der Waals surface area contributed by atoms with Gasteiger partial charge in [-0.15, -0.1) is 11.3 Å². The van der Waals surface area contributed by atoms with Crippen LogP contribution in [0.4, 0.5) is 5.00 Å². The molecule has 1 aliphatic heterocycles. The fourth-order valence-corrected chi connectivity index (χ4v) is 4.29. The van der Waals surface area contributed by atoms with Gasteiger partial charge in [0.1, 0.15) is 4.21 Å². The maximum absolute atomic E-state index is 12.2. The van der Waals surface area contributed by atoms with Gasteiger partial charge in [-0.1, -0.05) is 13.8 Å². The molecule has 2 atom stereocenters. The predicted octanol–water partition coefficient (Wildman–Crippen LogP) is 1.53. The molecule has 19 heavy (non-hydrogen) atoms. The lowest BCUT2D eigenvalue weighted by Crippen LogP contribution is -2.39. The van der Waals surface area contributed by atoms with Crippen molar-refractivity contribution in [3.8, 4) is 0 Å². The van der Waals surface area contributed by atoms with Crippen molar-refractivity contribution in [1.29, 1.82) is 0 Å².